The summed E-state index contributed by atoms with van der Waals surface area (Å²) in [7, 11) is 1.11. The zero-order valence-corrected chi connectivity index (χ0v) is 12.0. The van der Waals surface area contributed by atoms with Crippen molar-refractivity contribution in [3.8, 4) is 11.5 Å². The molecule has 0 N–H and O–H groups in total. The molecule has 1 heterocycles. The predicted molar refractivity (Wildman–Crippen MR) is 66.1 cm³/mol. The molecule has 0 spiro atoms. The molecule has 106 valence electrons. The standard InChI is InChI=1S/C10H9F3INO4/c1-3-18-9(16)7-8(17-2)5(4-6(14)15-7)19-10(11,12)13/h4H,3H2,1-2H3. The van der Waals surface area contributed by atoms with Crippen molar-refractivity contribution >= 4 is 28.6 Å². The summed E-state index contributed by atoms with van der Waals surface area (Å²) in [6.45, 7) is 1.62. The van der Waals surface area contributed by atoms with E-state index in [9.17, 15) is 18.0 Å². The van der Waals surface area contributed by atoms with E-state index in [-0.39, 0.29) is 16.0 Å². The molecule has 0 bridgehead atoms. The molecular weight excluding hydrogens is 382 g/mol. The topological polar surface area (TPSA) is 57.7 Å². The maximum Gasteiger partial charge on any atom is 0.573 e. The highest BCUT2D eigenvalue weighted by atomic mass is 127. The number of hydrogen-bond acceptors (Lipinski definition) is 5. The zero-order chi connectivity index (χ0) is 14.6. The SMILES string of the molecule is CCOC(=O)c1nc(I)cc(OC(F)(F)F)c1OC. The number of pyridine rings is 1. The highest BCUT2D eigenvalue weighted by molar-refractivity contribution is 14.1. The van der Waals surface area contributed by atoms with Crippen LogP contribution in [-0.4, -0.2) is 31.0 Å². The van der Waals surface area contributed by atoms with Gasteiger partial charge in [0.1, 0.15) is 3.70 Å². The second-order valence-electron chi connectivity index (χ2n) is 3.09. The van der Waals surface area contributed by atoms with E-state index in [1.165, 1.54) is 0 Å². The minimum Gasteiger partial charge on any atom is -0.491 e. The van der Waals surface area contributed by atoms with Crippen LogP contribution in [-0.2, 0) is 4.74 Å². The third-order valence-corrected chi connectivity index (χ3v) is 2.36. The van der Waals surface area contributed by atoms with E-state index in [1.807, 2.05) is 0 Å². The molecule has 1 aromatic rings. The second-order valence-corrected chi connectivity index (χ2v) is 4.20. The van der Waals surface area contributed by atoms with Crippen LogP contribution in [0.5, 0.6) is 11.5 Å². The number of carbonyl (C=O) groups is 1. The molecule has 0 aliphatic rings. The van der Waals surface area contributed by atoms with Gasteiger partial charge in [0.2, 0.25) is 0 Å². The number of nitrogens with zero attached hydrogens (tertiary/aromatic N) is 1. The number of rotatable bonds is 4. The summed E-state index contributed by atoms with van der Waals surface area (Å²) in [6, 6.07) is 1.01. The van der Waals surface area contributed by atoms with Crippen molar-refractivity contribution in [2.75, 3.05) is 13.7 Å². The average Bonchev–Trinajstić information content (AvgIpc) is 2.26. The lowest BCUT2D eigenvalue weighted by Gasteiger charge is -2.14. The summed E-state index contributed by atoms with van der Waals surface area (Å²) in [5, 5.41) is 0. The Labute approximate surface area is 120 Å². The molecule has 0 saturated heterocycles. The molecule has 0 radical (unpaired) electrons. The number of methoxy groups -OCH3 is 1. The lowest BCUT2D eigenvalue weighted by atomic mass is 10.3. The summed E-state index contributed by atoms with van der Waals surface area (Å²) in [6.07, 6.45) is -4.90. The van der Waals surface area contributed by atoms with Crippen molar-refractivity contribution in [1.82, 2.24) is 4.98 Å². The molecule has 0 amide bonds. The molecule has 1 aromatic heterocycles. The normalized spacial score (nSPS) is 11.1. The average molecular weight is 391 g/mol. The lowest BCUT2D eigenvalue weighted by molar-refractivity contribution is -0.275. The summed E-state index contributed by atoms with van der Waals surface area (Å²) >= 11 is 1.66. The molecule has 0 aliphatic carbocycles. The molecule has 0 saturated carbocycles. The highest BCUT2D eigenvalue weighted by Crippen LogP contribution is 2.35. The van der Waals surface area contributed by atoms with Gasteiger partial charge in [-0.2, -0.15) is 0 Å². The second kappa shape index (κ2) is 6.26. The smallest absolute Gasteiger partial charge is 0.491 e. The zero-order valence-electron chi connectivity index (χ0n) is 9.88. The largest absolute Gasteiger partial charge is 0.573 e. The van der Waals surface area contributed by atoms with Crippen LogP contribution in [0, 0.1) is 3.70 Å². The maximum absolute atomic E-state index is 12.3. The van der Waals surface area contributed by atoms with E-state index < -0.39 is 23.8 Å². The van der Waals surface area contributed by atoms with Crippen molar-refractivity contribution < 1.29 is 32.2 Å². The van der Waals surface area contributed by atoms with Gasteiger partial charge >= 0.3 is 12.3 Å². The molecule has 5 nitrogen and oxygen atoms in total. The molecule has 19 heavy (non-hydrogen) atoms. The quantitative estimate of drug-likeness (QED) is 0.449. The summed E-state index contributed by atoms with van der Waals surface area (Å²) in [4.78, 5) is 15.4. The van der Waals surface area contributed by atoms with Gasteiger partial charge in [0.05, 0.1) is 13.7 Å². The first-order chi connectivity index (χ1) is 8.78. The fourth-order valence-electron chi connectivity index (χ4n) is 1.22. The Morgan fingerprint density at radius 3 is 2.58 bits per heavy atom. The molecule has 0 fully saturated rings. The van der Waals surface area contributed by atoms with E-state index in [0.717, 1.165) is 13.2 Å². The number of aromatic nitrogens is 1. The number of carbonyl (C=O) groups excluding carboxylic acids is 1. The van der Waals surface area contributed by atoms with Crippen molar-refractivity contribution in [2.45, 2.75) is 13.3 Å². The first kappa shape index (κ1) is 15.8. The summed E-state index contributed by atoms with van der Waals surface area (Å²) in [5.74, 6) is -1.95. The van der Waals surface area contributed by atoms with Crippen LogP contribution in [0.3, 0.4) is 0 Å². The van der Waals surface area contributed by atoms with E-state index in [0.29, 0.717) is 0 Å². The fraction of sp³-hybridized carbons (Fsp3) is 0.400. The Morgan fingerprint density at radius 1 is 1.47 bits per heavy atom. The number of hydrogen-bond donors (Lipinski definition) is 0. The van der Waals surface area contributed by atoms with Crippen LogP contribution >= 0.6 is 22.6 Å². The number of halogens is 4. The Kier molecular flexibility index (Phi) is 5.20. The molecule has 0 atom stereocenters. The molecular formula is C10H9F3INO4. The van der Waals surface area contributed by atoms with E-state index >= 15 is 0 Å². The Bertz CT molecular complexity index is 479. The molecule has 9 heteroatoms. The van der Waals surface area contributed by atoms with Crippen molar-refractivity contribution in [3.63, 3.8) is 0 Å². The van der Waals surface area contributed by atoms with Gasteiger partial charge < -0.3 is 14.2 Å². The number of alkyl halides is 3. The van der Waals surface area contributed by atoms with Crippen molar-refractivity contribution in [1.29, 1.82) is 0 Å². The highest BCUT2D eigenvalue weighted by Gasteiger charge is 2.34. The van der Waals surface area contributed by atoms with Crippen molar-refractivity contribution in [3.05, 3.63) is 15.5 Å². The van der Waals surface area contributed by atoms with Gasteiger partial charge in [-0.15, -0.1) is 13.2 Å². The third-order valence-electron chi connectivity index (χ3n) is 1.81. The number of esters is 1. The minimum atomic E-state index is -4.90. The van der Waals surface area contributed by atoms with Gasteiger partial charge in [-0.3, -0.25) is 0 Å². The van der Waals surface area contributed by atoms with Crippen molar-refractivity contribution in [2.24, 2.45) is 0 Å². The Morgan fingerprint density at radius 2 is 2.11 bits per heavy atom. The van der Waals surface area contributed by atoms with Gasteiger partial charge in [0, 0.05) is 6.07 Å². The third kappa shape index (κ3) is 4.40. The lowest BCUT2D eigenvalue weighted by Crippen LogP contribution is -2.19. The minimum absolute atomic E-state index is 0.0601. The van der Waals surface area contributed by atoms with Gasteiger partial charge in [-0.05, 0) is 29.5 Å². The Balaban J connectivity index is 3.28. The summed E-state index contributed by atoms with van der Waals surface area (Å²) in [5.41, 5.74) is -0.365. The van der Waals surface area contributed by atoms with Crippen LogP contribution in [0.2, 0.25) is 0 Å². The van der Waals surface area contributed by atoms with E-state index in [2.05, 4.69) is 14.5 Å². The fourth-order valence-corrected chi connectivity index (χ4v) is 1.74. The van der Waals surface area contributed by atoms with Crippen LogP contribution < -0.4 is 9.47 Å². The van der Waals surface area contributed by atoms with Gasteiger partial charge in [0.25, 0.3) is 0 Å². The first-order valence-corrected chi connectivity index (χ1v) is 6.03. The van der Waals surface area contributed by atoms with Crippen LogP contribution in [0.25, 0.3) is 0 Å². The monoisotopic (exact) mass is 391 g/mol. The molecule has 1 rings (SSSR count). The molecule has 0 aliphatic heterocycles. The van der Waals surface area contributed by atoms with Crippen LogP contribution in [0.15, 0.2) is 6.07 Å². The number of ether oxygens (including phenoxy) is 3. The van der Waals surface area contributed by atoms with Gasteiger partial charge in [-0.25, -0.2) is 9.78 Å². The Hall–Kier alpha value is -1.26. The summed E-state index contributed by atoms with van der Waals surface area (Å²) < 4.78 is 50.1. The van der Waals surface area contributed by atoms with E-state index in [4.69, 9.17) is 4.74 Å². The van der Waals surface area contributed by atoms with Crippen LogP contribution in [0.1, 0.15) is 17.4 Å². The molecule has 0 unspecified atom stereocenters. The van der Waals surface area contributed by atoms with Gasteiger partial charge in [0.15, 0.2) is 17.2 Å². The predicted octanol–water partition coefficient (Wildman–Crippen LogP) is 2.77. The molecule has 0 aromatic carbocycles. The first-order valence-electron chi connectivity index (χ1n) is 4.96. The van der Waals surface area contributed by atoms with E-state index in [1.54, 1.807) is 29.5 Å². The van der Waals surface area contributed by atoms with Crippen LogP contribution in [0.4, 0.5) is 13.2 Å². The van der Waals surface area contributed by atoms with Gasteiger partial charge in [-0.1, -0.05) is 0 Å². The maximum atomic E-state index is 12.3.